The first-order chi connectivity index (χ1) is 27.4. The van der Waals surface area contributed by atoms with Gasteiger partial charge in [-0.05, 0) is 92.3 Å². The molecule has 5 aliphatic rings. The van der Waals surface area contributed by atoms with E-state index < -0.39 is 35.2 Å². The van der Waals surface area contributed by atoms with Crippen LogP contribution in [0.15, 0.2) is 54.6 Å². The van der Waals surface area contributed by atoms with E-state index in [0.29, 0.717) is 91.4 Å². The summed E-state index contributed by atoms with van der Waals surface area (Å²) in [6.45, 7) is 1.71. The first-order valence-electron chi connectivity index (χ1n) is 19.4. The Bertz CT molecular complexity index is 2210. The van der Waals surface area contributed by atoms with Crippen molar-refractivity contribution in [3.63, 3.8) is 0 Å². The molecule has 0 radical (unpaired) electrons. The van der Waals surface area contributed by atoms with E-state index in [-0.39, 0.29) is 18.0 Å². The largest absolute Gasteiger partial charge is 0.481 e. The standard InChI is InChI=1S/C43H44ClF3N4O6/c1-55-38-26(22-48-21-24-9-11-28(52)17-24)10-13-35(49-38)33-8-4-7-32(37(33)44)29-5-3-6-31-30(29)12-14-36(31)57-40-34(43(45,46)47)18-27(39(50-40)56-2)23-51-16-15-25-19-42(51,20-25)41(53)54/h3-8,10,13,18,24-25,36,48H,9,11-12,14-17,19-23H2,1-2H3,(H,53,54)/t24-,25?,36+,42?/m1/s1. The van der Waals surface area contributed by atoms with E-state index in [1.54, 1.807) is 12.0 Å². The number of alkyl halides is 3. The van der Waals surface area contributed by atoms with E-state index in [2.05, 4.69) is 10.3 Å². The third kappa shape index (κ3) is 7.45. The molecule has 2 atom stereocenters. The molecule has 4 aromatic rings. The quantitative estimate of drug-likeness (QED) is 0.136. The smallest absolute Gasteiger partial charge is 0.421 e. The van der Waals surface area contributed by atoms with Gasteiger partial charge in [-0.3, -0.25) is 14.5 Å². The molecule has 2 saturated heterocycles. The Morgan fingerprint density at radius 3 is 2.40 bits per heavy atom. The fourth-order valence-corrected chi connectivity index (χ4v) is 9.56. The number of carboxylic acids is 1. The third-order valence-electron chi connectivity index (χ3n) is 12.2. The van der Waals surface area contributed by atoms with Crippen molar-refractivity contribution in [1.82, 2.24) is 20.2 Å². The third-order valence-corrected chi connectivity index (χ3v) is 12.6. The highest BCUT2D eigenvalue weighted by Gasteiger charge is 2.57. The molecule has 0 unspecified atom stereocenters. The van der Waals surface area contributed by atoms with Crippen molar-refractivity contribution in [3.8, 4) is 40.0 Å². The summed E-state index contributed by atoms with van der Waals surface area (Å²) >= 11 is 7.14. The molecule has 2 aromatic carbocycles. The van der Waals surface area contributed by atoms with Gasteiger partial charge in [0.2, 0.25) is 17.6 Å². The summed E-state index contributed by atoms with van der Waals surface area (Å²) in [5.41, 5.74) is 3.47. The van der Waals surface area contributed by atoms with Crippen LogP contribution in [0.2, 0.25) is 5.02 Å². The molecule has 4 heterocycles. The van der Waals surface area contributed by atoms with Gasteiger partial charge in [-0.15, -0.1) is 0 Å². The Balaban J connectivity index is 1.04. The van der Waals surface area contributed by atoms with Crippen LogP contribution in [0.25, 0.3) is 22.4 Å². The second kappa shape index (κ2) is 15.6. The Labute approximate surface area is 333 Å². The average Bonchev–Trinajstić information content (AvgIpc) is 3.80. The van der Waals surface area contributed by atoms with Gasteiger partial charge < -0.3 is 24.6 Å². The molecule has 10 nitrogen and oxygen atoms in total. The van der Waals surface area contributed by atoms with E-state index in [9.17, 15) is 27.9 Å². The topological polar surface area (TPSA) is 123 Å². The minimum atomic E-state index is -4.79. The molecular weight excluding hydrogens is 761 g/mol. The highest BCUT2D eigenvalue weighted by Crippen LogP contribution is 2.51. The summed E-state index contributed by atoms with van der Waals surface area (Å²) in [5.74, 6) is -0.134. The summed E-state index contributed by atoms with van der Waals surface area (Å²) in [6.07, 6.45) is -0.654. The van der Waals surface area contributed by atoms with Crippen LogP contribution in [-0.4, -0.2) is 64.6 Å². The van der Waals surface area contributed by atoms with Gasteiger partial charge >= 0.3 is 12.1 Å². The van der Waals surface area contributed by atoms with E-state index >= 15 is 0 Å². The zero-order valence-corrected chi connectivity index (χ0v) is 32.5. The highest BCUT2D eigenvalue weighted by atomic mass is 35.5. The summed E-state index contributed by atoms with van der Waals surface area (Å²) in [5, 5.41) is 13.9. The molecule has 2 aromatic heterocycles. The van der Waals surface area contributed by atoms with Crippen LogP contribution >= 0.6 is 11.6 Å². The van der Waals surface area contributed by atoms with E-state index in [1.807, 2.05) is 48.5 Å². The SMILES string of the molecule is COc1nc(-c2cccc(-c3cccc4c3CC[C@@H]4Oc3nc(OC)c(CN4CCC5CC4(C(=O)O)C5)cc3C(F)(F)F)c2Cl)ccc1CNC[C@@H]1CCC(=O)C1. The van der Waals surface area contributed by atoms with Crippen LogP contribution in [0.5, 0.6) is 17.6 Å². The van der Waals surface area contributed by atoms with E-state index in [0.717, 1.165) is 53.3 Å². The van der Waals surface area contributed by atoms with Gasteiger partial charge in [0.1, 0.15) is 23.0 Å². The Morgan fingerprint density at radius 2 is 1.68 bits per heavy atom. The number of piperidine rings is 2. The molecule has 14 heteroatoms. The fraction of sp³-hybridized carbons (Fsp3) is 0.442. The molecule has 2 aliphatic heterocycles. The maximum absolute atomic E-state index is 14.7. The zero-order chi connectivity index (χ0) is 40.1. The lowest BCUT2D eigenvalue weighted by molar-refractivity contribution is -0.172. The Kier molecular flexibility index (Phi) is 10.7. The minimum absolute atomic E-state index is 0.0353. The number of nitrogens with one attached hydrogen (secondary N) is 1. The number of halogens is 4. The van der Waals surface area contributed by atoms with E-state index in [1.165, 1.54) is 7.11 Å². The number of carbonyl (C=O) groups is 2. The van der Waals surface area contributed by atoms with E-state index in [4.69, 9.17) is 30.8 Å². The normalized spacial score (nSPS) is 22.9. The maximum Gasteiger partial charge on any atom is 0.421 e. The van der Waals surface area contributed by atoms with Gasteiger partial charge in [0.05, 0.1) is 24.9 Å². The highest BCUT2D eigenvalue weighted by molar-refractivity contribution is 6.36. The molecule has 300 valence electrons. The number of pyridine rings is 2. The molecule has 9 rings (SSSR count). The second-order valence-electron chi connectivity index (χ2n) is 15.7. The van der Waals surface area contributed by atoms with Gasteiger partial charge in [0, 0.05) is 48.2 Å². The number of carboxylic acid groups (broad SMARTS) is 1. The van der Waals surface area contributed by atoms with Crippen molar-refractivity contribution in [2.24, 2.45) is 11.8 Å². The van der Waals surface area contributed by atoms with Crippen LogP contribution in [-0.2, 0) is 35.3 Å². The fourth-order valence-electron chi connectivity index (χ4n) is 9.23. The number of methoxy groups -OCH3 is 2. The number of rotatable bonds is 13. The number of ether oxygens (including phenoxy) is 3. The summed E-state index contributed by atoms with van der Waals surface area (Å²) in [6, 6.07) is 16.2. The lowest BCUT2D eigenvalue weighted by Gasteiger charge is -2.56. The number of benzene rings is 2. The number of fused-ring (bicyclic) bond motifs is 3. The number of hydrogen-bond acceptors (Lipinski definition) is 9. The van der Waals surface area contributed by atoms with Crippen LogP contribution in [0.4, 0.5) is 13.2 Å². The monoisotopic (exact) mass is 804 g/mol. The number of nitrogens with zero attached hydrogens (tertiary/aromatic N) is 3. The average molecular weight is 805 g/mol. The Morgan fingerprint density at radius 1 is 0.947 bits per heavy atom. The van der Waals surface area contributed by atoms with Crippen LogP contribution in [0.1, 0.15) is 78.9 Å². The van der Waals surface area contributed by atoms with Gasteiger partial charge in [-0.2, -0.15) is 18.2 Å². The molecule has 4 fully saturated rings. The molecule has 3 aliphatic carbocycles. The number of aromatic nitrogens is 2. The molecule has 2 bridgehead atoms. The van der Waals surface area contributed by atoms with Crippen molar-refractivity contribution in [2.45, 2.75) is 82.3 Å². The predicted molar refractivity (Wildman–Crippen MR) is 206 cm³/mol. The Hall–Kier alpha value is -4.72. The summed E-state index contributed by atoms with van der Waals surface area (Å²) in [7, 11) is 2.90. The first kappa shape index (κ1) is 39.1. The summed E-state index contributed by atoms with van der Waals surface area (Å²) < 4.78 is 61.4. The van der Waals surface area contributed by atoms with Crippen LogP contribution in [0.3, 0.4) is 0 Å². The van der Waals surface area contributed by atoms with Crippen molar-refractivity contribution in [3.05, 3.63) is 87.4 Å². The van der Waals surface area contributed by atoms with Gasteiger partial charge in [-0.1, -0.05) is 54.1 Å². The lowest BCUT2D eigenvalue weighted by Crippen LogP contribution is -2.66. The van der Waals surface area contributed by atoms with Gasteiger partial charge in [0.15, 0.2) is 0 Å². The van der Waals surface area contributed by atoms with Crippen molar-refractivity contribution in [1.29, 1.82) is 0 Å². The molecule has 0 spiro atoms. The van der Waals surface area contributed by atoms with Crippen LogP contribution < -0.4 is 19.5 Å². The van der Waals surface area contributed by atoms with Gasteiger partial charge in [-0.25, -0.2) is 4.98 Å². The predicted octanol–water partition coefficient (Wildman–Crippen LogP) is 8.46. The maximum atomic E-state index is 14.7. The molecule has 57 heavy (non-hydrogen) atoms. The van der Waals surface area contributed by atoms with Crippen molar-refractivity contribution in [2.75, 3.05) is 27.3 Å². The lowest BCUT2D eigenvalue weighted by atomic mass is 9.62. The zero-order valence-electron chi connectivity index (χ0n) is 31.8. The minimum Gasteiger partial charge on any atom is -0.481 e. The second-order valence-corrected chi connectivity index (χ2v) is 16.0. The van der Waals surface area contributed by atoms with Crippen molar-refractivity contribution < 1.29 is 42.1 Å². The molecular formula is C43H44ClF3N4O6. The molecule has 2 N–H and O–H groups in total. The number of ketones is 1. The number of carbonyl (C=O) groups excluding carboxylic acids is 1. The number of hydrogen-bond donors (Lipinski definition) is 2. The van der Waals surface area contributed by atoms with Crippen molar-refractivity contribution >= 4 is 23.4 Å². The number of Topliss-reactive ketones (excluding diaryl/α,β-unsaturated/α-hetero) is 1. The van der Waals surface area contributed by atoms with Gasteiger partial charge in [0.25, 0.3) is 0 Å². The first-order valence-corrected chi connectivity index (χ1v) is 19.7. The molecule has 2 saturated carbocycles. The summed E-state index contributed by atoms with van der Waals surface area (Å²) in [4.78, 5) is 34.7. The van der Waals surface area contributed by atoms with Crippen LogP contribution in [0, 0.1) is 11.8 Å². The molecule has 0 amide bonds. The number of aliphatic carboxylic acids is 1.